The van der Waals surface area contributed by atoms with Gasteiger partial charge in [0.1, 0.15) is 41.6 Å². The van der Waals surface area contributed by atoms with Crippen molar-refractivity contribution in [3.8, 4) is 17.2 Å². The summed E-state index contributed by atoms with van der Waals surface area (Å²) >= 11 is 6.12. The predicted molar refractivity (Wildman–Crippen MR) is 147 cm³/mol. The van der Waals surface area contributed by atoms with Gasteiger partial charge in [-0.2, -0.15) is 13.2 Å². The number of esters is 1. The number of nitrogens with zero attached hydrogens (tertiary/aromatic N) is 2. The van der Waals surface area contributed by atoms with Gasteiger partial charge in [0.15, 0.2) is 0 Å². The Balaban J connectivity index is 1.23. The van der Waals surface area contributed by atoms with E-state index in [4.69, 9.17) is 26.8 Å². The van der Waals surface area contributed by atoms with Crippen LogP contribution in [0.15, 0.2) is 36.4 Å². The maximum absolute atomic E-state index is 13.3. The number of halogens is 4. The van der Waals surface area contributed by atoms with Crippen molar-refractivity contribution in [2.24, 2.45) is 5.73 Å². The van der Waals surface area contributed by atoms with Crippen molar-refractivity contribution in [2.75, 3.05) is 32.8 Å². The normalized spacial score (nSPS) is 20.4. The molecule has 14 heteroatoms. The van der Waals surface area contributed by atoms with Gasteiger partial charge in [-0.05, 0) is 48.7 Å². The van der Waals surface area contributed by atoms with E-state index in [1.807, 2.05) is 17.0 Å². The summed E-state index contributed by atoms with van der Waals surface area (Å²) in [6, 6.07) is 7.88. The molecule has 0 saturated carbocycles. The Labute approximate surface area is 250 Å². The van der Waals surface area contributed by atoms with Crippen LogP contribution in [0.2, 0.25) is 5.02 Å². The quantitative estimate of drug-likeness (QED) is 0.338. The molecule has 0 aliphatic carbocycles. The number of aliphatic hydroxyl groups excluding tert-OH is 1. The van der Waals surface area contributed by atoms with Gasteiger partial charge in [0.25, 0.3) is 5.91 Å². The summed E-state index contributed by atoms with van der Waals surface area (Å²) in [5, 5.41) is 11.4. The van der Waals surface area contributed by atoms with Crippen molar-refractivity contribution in [1.82, 2.24) is 9.80 Å². The number of rotatable bonds is 8. The fourth-order valence-electron chi connectivity index (χ4n) is 5.85. The molecule has 1 unspecified atom stereocenters. The van der Waals surface area contributed by atoms with Crippen LogP contribution in [0.1, 0.15) is 41.6 Å². The third kappa shape index (κ3) is 7.00. The van der Waals surface area contributed by atoms with Gasteiger partial charge in [0.05, 0.1) is 5.56 Å². The third-order valence-electron chi connectivity index (χ3n) is 8.00. The standard InChI is InChI=1S/C29H31ClF3N3O7/c30-18-3-6-23-17(12-18)14-28(43-23)7-10-35(11-8-28)15-19(37)16-41-24-13-20(42-27(40)29(31,32)33)4-5-21(24)26(39)36-9-1-2-22(36)25(34)38/h3-6,12-13,19,22,37H,1-2,7-11,14-16H2,(H2,34,38)/t19?,22-/m1/s1. The van der Waals surface area contributed by atoms with E-state index in [2.05, 4.69) is 4.74 Å². The number of carbonyl (C=O) groups excluding carboxylic acids is 3. The van der Waals surface area contributed by atoms with Crippen LogP contribution in [-0.2, 0) is 16.0 Å². The van der Waals surface area contributed by atoms with Gasteiger partial charge in [-0.1, -0.05) is 11.6 Å². The van der Waals surface area contributed by atoms with Crippen molar-refractivity contribution in [3.05, 3.63) is 52.5 Å². The first kappa shape index (κ1) is 30.9. The highest BCUT2D eigenvalue weighted by atomic mass is 35.5. The zero-order valence-electron chi connectivity index (χ0n) is 23.1. The van der Waals surface area contributed by atoms with E-state index in [0.717, 1.165) is 48.8 Å². The second kappa shape index (κ2) is 12.2. The van der Waals surface area contributed by atoms with Gasteiger partial charge in [-0.25, -0.2) is 4.79 Å². The molecule has 2 aromatic carbocycles. The van der Waals surface area contributed by atoms with E-state index >= 15 is 0 Å². The largest absolute Gasteiger partial charge is 0.491 e. The van der Waals surface area contributed by atoms with E-state index < -0.39 is 41.9 Å². The number of amides is 2. The molecule has 3 N–H and O–H groups in total. The monoisotopic (exact) mass is 625 g/mol. The molecule has 232 valence electrons. The maximum atomic E-state index is 13.3. The average Bonchev–Trinajstić information content (AvgIpc) is 3.57. The van der Waals surface area contributed by atoms with Crippen molar-refractivity contribution < 1.29 is 46.9 Å². The Morgan fingerprint density at radius 1 is 1.14 bits per heavy atom. The highest BCUT2D eigenvalue weighted by Crippen LogP contribution is 2.42. The molecular formula is C29H31ClF3N3O7. The molecule has 3 heterocycles. The minimum atomic E-state index is -5.23. The second-order valence-corrected chi connectivity index (χ2v) is 11.5. The first-order chi connectivity index (χ1) is 20.3. The minimum absolute atomic E-state index is 0.0786. The molecule has 0 aromatic heterocycles. The Hall–Kier alpha value is -3.55. The number of fused-ring (bicyclic) bond motifs is 1. The number of aliphatic hydroxyl groups is 1. The Morgan fingerprint density at radius 3 is 2.58 bits per heavy atom. The maximum Gasteiger partial charge on any atom is 0.491 e. The highest BCUT2D eigenvalue weighted by Gasteiger charge is 2.43. The Morgan fingerprint density at radius 2 is 1.88 bits per heavy atom. The third-order valence-corrected chi connectivity index (χ3v) is 8.23. The molecular weight excluding hydrogens is 595 g/mol. The van der Waals surface area contributed by atoms with Crippen molar-refractivity contribution in [1.29, 1.82) is 0 Å². The minimum Gasteiger partial charge on any atom is -0.490 e. The number of ether oxygens (including phenoxy) is 3. The zero-order valence-corrected chi connectivity index (χ0v) is 23.8. The van der Waals surface area contributed by atoms with E-state index in [9.17, 15) is 32.7 Å². The number of hydrogen-bond donors (Lipinski definition) is 2. The number of piperidine rings is 1. The number of carbonyl (C=O) groups is 3. The summed E-state index contributed by atoms with van der Waals surface area (Å²) in [7, 11) is 0. The van der Waals surface area contributed by atoms with Gasteiger partial charge in [-0.3, -0.25) is 9.59 Å². The molecule has 3 aliphatic rings. The first-order valence-corrected chi connectivity index (χ1v) is 14.3. The topological polar surface area (TPSA) is 132 Å². The first-order valence-electron chi connectivity index (χ1n) is 13.9. The summed E-state index contributed by atoms with van der Waals surface area (Å²) in [5.74, 6) is -3.63. The molecule has 1 spiro atoms. The molecule has 2 fully saturated rings. The number of primary amides is 1. The summed E-state index contributed by atoms with van der Waals surface area (Å²) < 4.78 is 54.7. The summed E-state index contributed by atoms with van der Waals surface area (Å²) in [6.45, 7) is 1.47. The molecule has 2 aromatic rings. The SMILES string of the molecule is NC(=O)[C@H]1CCCN1C(=O)c1ccc(OC(=O)C(F)(F)F)cc1OCC(O)CN1CCC2(CC1)Cc1cc(Cl)ccc1O2. The van der Waals surface area contributed by atoms with Crippen LogP contribution < -0.4 is 19.9 Å². The second-order valence-electron chi connectivity index (χ2n) is 11.1. The number of nitrogens with two attached hydrogens (primary N) is 1. The van der Waals surface area contributed by atoms with Crippen LogP contribution in [0.3, 0.4) is 0 Å². The molecule has 0 bridgehead atoms. The van der Waals surface area contributed by atoms with Crippen LogP contribution in [-0.4, -0.2) is 89.4 Å². The van der Waals surface area contributed by atoms with Gasteiger partial charge < -0.3 is 34.9 Å². The number of hydrogen-bond acceptors (Lipinski definition) is 8. The average molecular weight is 626 g/mol. The number of likely N-dealkylation sites (tertiary alicyclic amines) is 2. The zero-order chi connectivity index (χ0) is 30.9. The smallest absolute Gasteiger partial charge is 0.490 e. The summed E-state index contributed by atoms with van der Waals surface area (Å²) in [4.78, 5) is 39.9. The van der Waals surface area contributed by atoms with E-state index in [1.54, 1.807) is 6.07 Å². The lowest BCUT2D eigenvalue weighted by atomic mass is 9.87. The molecule has 2 amide bonds. The summed E-state index contributed by atoms with van der Waals surface area (Å²) in [5.41, 5.74) is 6.10. The van der Waals surface area contributed by atoms with Gasteiger partial charge in [-0.15, -0.1) is 0 Å². The molecule has 5 rings (SSSR count). The predicted octanol–water partition coefficient (Wildman–Crippen LogP) is 3.11. The van der Waals surface area contributed by atoms with Crippen LogP contribution in [0.25, 0.3) is 0 Å². The number of β-amino-alcohol motifs (C(OH)–C–C–N with tert-alkyl or cyclic N) is 1. The van der Waals surface area contributed by atoms with Crippen LogP contribution in [0.5, 0.6) is 17.2 Å². The molecule has 2 atom stereocenters. The van der Waals surface area contributed by atoms with Gasteiger partial charge in [0, 0.05) is 56.5 Å². The molecule has 43 heavy (non-hydrogen) atoms. The Bertz CT molecular complexity index is 1400. The van der Waals surface area contributed by atoms with Crippen LogP contribution in [0, 0.1) is 0 Å². The fourth-order valence-corrected chi connectivity index (χ4v) is 6.04. The van der Waals surface area contributed by atoms with Crippen molar-refractivity contribution in [3.63, 3.8) is 0 Å². The van der Waals surface area contributed by atoms with Crippen molar-refractivity contribution in [2.45, 2.75) is 56.0 Å². The molecule has 3 aliphatic heterocycles. The highest BCUT2D eigenvalue weighted by molar-refractivity contribution is 6.30. The fraction of sp³-hybridized carbons (Fsp3) is 0.483. The molecule has 0 radical (unpaired) electrons. The van der Waals surface area contributed by atoms with Gasteiger partial charge >= 0.3 is 12.1 Å². The lowest BCUT2D eigenvalue weighted by molar-refractivity contribution is -0.189. The number of alkyl halides is 3. The van der Waals surface area contributed by atoms with Crippen LogP contribution >= 0.6 is 11.6 Å². The lowest BCUT2D eigenvalue weighted by Gasteiger charge is -2.39. The van der Waals surface area contributed by atoms with E-state index in [1.165, 1.54) is 4.90 Å². The van der Waals surface area contributed by atoms with E-state index in [0.29, 0.717) is 31.0 Å². The molecule has 2 saturated heterocycles. The van der Waals surface area contributed by atoms with Gasteiger partial charge in [0.2, 0.25) is 5.91 Å². The number of benzene rings is 2. The van der Waals surface area contributed by atoms with Crippen LogP contribution in [0.4, 0.5) is 13.2 Å². The van der Waals surface area contributed by atoms with E-state index in [-0.39, 0.29) is 36.6 Å². The van der Waals surface area contributed by atoms with Crippen molar-refractivity contribution >= 4 is 29.4 Å². The molecule has 10 nitrogen and oxygen atoms in total. The Kier molecular flexibility index (Phi) is 8.77. The summed E-state index contributed by atoms with van der Waals surface area (Å²) in [6.07, 6.45) is -3.13. The lowest BCUT2D eigenvalue weighted by Crippen LogP contribution is -2.49.